The molecule has 1 unspecified atom stereocenters. The zero-order valence-corrected chi connectivity index (χ0v) is 14.5. The van der Waals surface area contributed by atoms with Gasteiger partial charge >= 0.3 is 6.18 Å². The van der Waals surface area contributed by atoms with Gasteiger partial charge in [0.1, 0.15) is 17.7 Å². The molecule has 4 rings (SSSR count). The first-order valence-corrected chi connectivity index (χ1v) is 8.31. The number of pyridine rings is 1. The fourth-order valence-electron chi connectivity index (χ4n) is 3.11. The molecular formula is C17H13F3N6O2. The summed E-state index contributed by atoms with van der Waals surface area (Å²) in [5.41, 5.74) is -2.08. The van der Waals surface area contributed by atoms with Crippen molar-refractivity contribution in [2.45, 2.75) is 31.2 Å². The van der Waals surface area contributed by atoms with Crippen LogP contribution >= 0.6 is 0 Å². The van der Waals surface area contributed by atoms with Crippen molar-refractivity contribution >= 4 is 11.0 Å². The number of aryl methyl sites for hydroxylation is 1. The van der Waals surface area contributed by atoms with Crippen LogP contribution in [0.2, 0.25) is 0 Å². The van der Waals surface area contributed by atoms with E-state index in [-0.39, 0.29) is 33.9 Å². The predicted molar refractivity (Wildman–Crippen MR) is 89.1 cm³/mol. The van der Waals surface area contributed by atoms with Crippen LogP contribution in [0, 0.1) is 11.3 Å². The van der Waals surface area contributed by atoms with Gasteiger partial charge in [-0.05, 0) is 18.9 Å². The van der Waals surface area contributed by atoms with Crippen molar-refractivity contribution in [2.24, 2.45) is 7.05 Å². The third-order valence-electron chi connectivity index (χ3n) is 4.63. The molecule has 0 amide bonds. The largest absolute Gasteiger partial charge is 0.434 e. The normalized spacial score (nSPS) is 15.6. The van der Waals surface area contributed by atoms with E-state index in [0.29, 0.717) is 0 Å². The Labute approximate surface area is 155 Å². The minimum atomic E-state index is -4.79. The second kappa shape index (κ2) is 6.13. The number of rotatable bonds is 3. The molecule has 11 heteroatoms. The zero-order chi connectivity index (χ0) is 20.2. The number of aliphatic hydroxyl groups is 1. The smallest absolute Gasteiger partial charge is 0.382 e. The van der Waals surface area contributed by atoms with Crippen LogP contribution in [0.1, 0.15) is 47.5 Å². The number of aromatic nitrogens is 5. The van der Waals surface area contributed by atoms with E-state index in [1.54, 1.807) is 0 Å². The molecule has 1 fully saturated rings. The van der Waals surface area contributed by atoms with Crippen molar-refractivity contribution in [2.75, 3.05) is 0 Å². The SMILES string of the molecule is Cn1nc2c(=O)n(C3CC3)cnc2c1C(O)c1cnc(C(F)(F)F)c(C#N)c1. The zero-order valence-electron chi connectivity index (χ0n) is 14.5. The van der Waals surface area contributed by atoms with E-state index in [9.17, 15) is 23.1 Å². The molecule has 3 heterocycles. The number of hydrogen-bond acceptors (Lipinski definition) is 6. The second-order valence-electron chi connectivity index (χ2n) is 6.57. The van der Waals surface area contributed by atoms with Crippen molar-refractivity contribution in [3.05, 3.63) is 51.5 Å². The highest BCUT2D eigenvalue weighted by Gasteiger charge is 2.36. The molecule has 0 spiro atoms. The number of halogens is 3. The molecular weight excluding hydrogens is 377 g/mol. The molecule has 8 nitrogen and oxygen atoms in total. The number of fused-ring (bicyclic) bond motifs is 1. The first-order chi connectivity index (χ1) is 13.2. The van der Waals surface area contributed by atoms with Gasteiger partial charge in [0.25, 0.3) is 5.56 Å². The van der Waals surface area contributed by atoms with Crippen LogP contribution in [0.5, 0.6) is 0 Å². The first kappa shape index (κ1) is 18.1. The average Bonchev–Trinajstić information content (AvgIpc) is 3.42. The Balaban J connectivity index is 1.82. The highest BCUT2D eigenvalue weighted by Crippen LogP contribution is 2.35. The minimum Gasteiger partial charge on any atom is -0.382 e. The topological polar surface area (TPSA) is 110 Å². The summed E-state index contributed by atoms with van der Waals surface area (Å²) in [7, 11) is 1.49. The molecule has 1 aliphatic rings. The number of hydrogen-bond donors (Lipinski definition) is 1. The Morgan fingerprint density at radius 2 is 2.04 bits per heavy atom. The number of nitrogens with zero attached hydrogens (tertiary/aromatic N) is 6. The average molecular weight is 390 g/mol. The fourth-order valence-corrected chi connectivity index (χ4v) is 3.11. The summed E-state index contributed by atoms with van der Waals surface area (Å²) in [6, 6.07) is 2.46. The summed E-state index contributed by atoms with van der Waals surface area (Å²) < 4.78 is 41.5. The monoisotopic (exact) mass is 390 g/mol. The summed E-state index contributed by atoms with van der Waals surface area (Å²) in [5, 5.41) is 23.9. The summed E-state index contributed by atoms with van der Waals surface area (Å²) in [6.07, 6.45) is -2.28. The molecule has 3 aromatic heterocycles. The predicted octanol–water partition coefficient (Wildman–Crippen LogP) is 1.83. The molecule has 0 bridgehead atoms. The van der Waals surface area contributed by atoms with E-state index in [4.69, 9.17) is 5.26 Å². The molecule has 0 saturated heterocycles. The third-order valence-corrected chi connectivity index (χ3v) is 4.63. The molecule has 1 aliphatic carbocycles. The molecule has 1 N–H and O–H groups in total. The van der Waals surface area contributed by atoms with Crippen molar-refractivity contribution in [3.63, 3.8) is 0 Å². The van der Waals surface area contributed by atoms with Gasteiger partial charge in [0.15, 0.2) is 11.2 Å². The van der Waals surface area contributed by atoms with Gasteiger partial charge in [0, 0.05) is 24.8 Å². The standard InChI is InChI=1S/C17H13F3N6O2/c1-25-13(11-12(24-25)16(28)26(7-23-11)10-2-3-10)14(27)9-4-8(5-21)15(22-6-9)17(18,19)20/h4,6-7,10,14,27H,2-3H2,1H3. The van der Waals surface area contributed by atoms with Gasteiger partial charge in [0.05, 0.1) is 17.6 Å². The summed E-state index contributed by atoms with van der Waals surface area (Å²) in [4.78, 5) is 20.1. The summed E-state index contributed by atoms with van der Waals surface area (Å²) in [5.74, 6) is 0. The Hall–Kier alpha value is -3.26. The molecule has 1 atom stereocenters. The van der Waals surface area contributed by atoms with Gasteiger partial charge < -0.3 is 5.11 Å². The summed E-state index contributed by atoms with van der Waals surface area (Å²) in [6.45, 7) is 0. The van der Waals surface area contributed by atoms with E-state index < -0.39 is 23.5 Å². The highest BCUT2D eigenvalue weighted by atomic mass is 19.4. The Bertz CT molecular complexity index is 1190. The van der Waals surface area contributed by atoms with Crippen molar-refractivity contribution in [1.82, 2.24) is 24.3 Å². The Morgan fingerprint density at radius 1 is 1.32 bits per heavy atom. The van der Waals surface area contributed by atoms with Crippen LogP contribution in [-0.2, 0) is 13.2 Å². The lowest BCUT2D eigenvalue weighted by Gasteiger charge is -2.14. The highest BCUT2D eigenvalue weighted by molar-refractivity contribution is 5.76. The molecule has 3 aromatic rings. The molecule has 0 aromatic carbocycles. The van der Waals surface area contributed by atoms with Crippen LogP contribution in [0.25, 0.3) is 11.0 Å². The quantitative estimate of drug-likeness (QED) is 0.731. The van der Waals surface area contributed by atoms with Crippen molar-refractivity contribution < 1.29 is 18.3 Å². The minimum absolute atomic E-state index is 0.0392. The summed E-state index contributed by atoms with van der Waals surface area (Å²) >= 11 is 0. The number of nitriles is 1. The molecule has 28 heavy (non-hydrogen) atoms. The van der Waals surface area contributed by atoms with Gasteiger partial charge in [0.2, 0.25) is 0 Å². The number of aliphatic hydroxyl groups excluding tert-OH is 1. The molecule has 144 valence electrons. The fraction of sp³-hybridized carbons (Fsp3) is 0.353. The maximum Gasteiger partial charge on any atom is 0.434 e. The second-order valence-corrected chi connectivity index (χ2v) is 6.57. The van der Waals surface area contributed by atoms with Crippen LogP contribution in [0.15, 0.2) is 23.4 Å². The van der Waals surface area contributed by atoms with Crippen LogP contribution in [0.4, 0.5) is 13.2 Å². The van der Waals surface area contributed by atoms with Crippen LogP contribution in [-0.4, -0.2) is 29.4 Å². The van der Waals surface area contributed by atoms with E-state index in [2.05, 4.69) is 15.1 Å². The van der Waals surface area contributed by atoms with Gasteiger partial charge in [-0.2, -0.15) is 23.5 Å². The first-order valence-electron chi connectivity index (χ1n) is 8.31. The van der Waals surface area contributed by atoms with Gasteiger partial charge in [-0.15, -0.1) is 0 Å². The third kappa shape index (κ3) is 2.82. The maximum atomic E-state index is 12.9. The molecule has 1 saturated carbocycles. The molecule has 0 aliphatic heterocycles. The molecule has 0 radical (unpaired) electrons. The van der Waals surface area contributed by atoms with Crippen molar-refractivity contribution in [3.8, 4) is 6.07 Å². The van der Waals surface area contributed by atoms with Gasteiger partial charge in [-0.1, -0.05) is 0 Å². The van der Waals surface area contributed by atoms with E-state index in [0.717, 1.165) is 25.1 Å². The maximum absolute atomic E-state index is 12.9. The number of alkyl halides is 3. The van der Waals surface area contributed by atoms with Gasteiger partial charge in [-0.25, -0.2) is 4.98 Å². The van der Waals surface area contributed by atoms with Crippen LogP contribution in [0.3, 0.4) is 0 Å². The lowest BCUT2D eigenvalue weighted by Crippen LogP contribution is -2.19. The Morgan fingerprint density at radius 3 is 2.64 bits per heavy atom. The van der Waals surface area contributed by atoms with Crippen molar-refractivity contribution in [1.29, 1.82) is 5.26 Å². The lowest BCUT2D eigenvalue weighted by molar-refractivity contribution is -0.141. The van der Waals surface area contributed by atoms with E-state index in [1.807, 2.05) is 0 Å². The lowest BCUT2D eigenvalue weighted by atomic mass is 10.0. The van der Waals surface area contributed by atoms with E-state index in [1.165, 1.54) is 28.7 Å². The van der Waals surface area contributed by atoms with Gasteiger partial charge in [-0.3, -0.25) is 19.0 Å². The Kier molecular flexibility index (Phi) is 3.97. The van der Waals surface area contributed by atoms with E-state index >= 15 is 0 Å². The van der Waals surface area contributed by atoms with Crippen LogP contribution < -0.4 is 5.56 Å².